The number of anilines is 1. The Morgan fingerprint density at radius 3 is 2.62 bits per heavy atom. The van der Waals surface area contributed by atoms with E-state index < -0.39 is 5.97 Å². The number of carbonyl (C=O) groups is 2. The number of urea groups is 1. The third-order valence-corrected chi connectivity index (χ3v) is 3.22. The number of carboxylic acids is 1. The van der Waals surface area contributed by atoms with Gasteiger partial charge in [-0.1, -0.05) is 18.6 Å². The van der Waals surface area contributed by atoms with Crippen LogP contribution in [0, 0.1) is 6.92 Å². The smallest absolute Gasteiger partial charge is 0.321 e. The van der Waals surface area contributed by atoms with E-state index in [0.717, 1.165) is 24.1 Å². The van der Waals surface area contributed by atoms with Crippen molar-refractivity contribution in [2.24, 2.45) is 0 Å². The molecule has 21 heavy (non-hydrogen) atoms. The van der Waals surface area contributed by atoms with Crippen LogP contribution < -0.4 is 10.2 Å². The van der Waals surface area contributed by atoms with E-state index in [1.807, 2.05) is 38.1 Å². The average Bonchev–Trinajstić information content (AvgIpc) is 2.43. The SMILES string of the molecule is CCN(C(=O)NCCCCCC(=O)O)c1cccc(C)c1. The second kappa shape index (κ2) is 9.00. The number of carboxylic acid groups (broad SMARTS) is 1. The average molecular weight is 292 g/mol. The summed E-state index contributed by atoms with van der Waals surface area (Å²) in [6, 6.07) is 7.73. The number of aryl methyl sites for hydroxylation is 1. The van der Waals surface area contributed by atoms with Gasteiger partial charge in [-0.2, -0.15) is 0 Å². The fourth-order valence-corrected chi connectivity index (χ4v) is 2.11. The van der Waals surface area contributed by atoms with Crippen LogP contribution in [0.2, 0.25) is 0 Å². The van der Waals surface area contributed by atoms with Gasteiger partial charge in [-0.05, 0) is 44.4 Å². The van der Waals surface area contributed by atoms with E-state index in [4.69, 9.17) is 5.11 Å². The monoisotopic (exact) mass is 292 g/mol. The van der Waals surface area contributed by atoms with Crippen LogP contribution >= 0.6 is 0 Å². The van der Waals surface area contributed by atoms with E-state index in [1.165, 1.54) is 0 Å². The highest BCUT2D eigenvalue weighted by atomic mass is 16.4. The maximum absolute atomic E-state index is 12.1. The number of nitrogens with zero attached hydrogens (tertiary/aromatic N) is 1. The molecule has 116 valence electrons. The summed E-state index contributed by atoms with van der Waals surface area (Å²) >= 11 is 0. The summed E-state index contributed by atoms with van der Waals surface area (Å²) in [5, 5.41) is 11.4. The number of aliphatic carboxylic acids is 1. The van der Waals surface area contributed by atoms with Gasteiger partial charge in [0.15, 0.2) is 0 Å². The van der Waals surface area contributed by atoms with Crippen LogP contribution in [-0.4, -0.2) is 30.2 Å². The van der Waals surface area contributed by atoms with Crippen molar-refractivity contribution in [3.8, 4) is 0 Å². The quantitative estimate of drug-likeness (QED) is 0.723. The summed E-state index contributed by atoms with van der Waals surface area (Å²) in [6.45, 7) is 5.11. The van der Waals surface area contributed by atoms with Crippen LogP contribution in [-0.2, 0) is 4.79 Å². The number of rotatable bonds is 8. The first-order chi connectivity index (χ1) is 10.0. The number of benzene rings is 1. The normalized spacial score (nSPS) is 10.2. The van der Waals surface area contributed by atoms with Gasteiger partial charge < -0.3 is 10.4 Å². The van der Waals surface area contributed by atoms with Gasteiger partial charge in [0.05, 0.1) is 0 Å². The van der Waals surface area contributed by atoms with Gasteiger partial charge in [-0.15, -0.1) is 0 Å². The Morgan fingerprint density at radius 1 is 1.24 bits per heavy atom. The maximum atomic E-state index is 12.1. The molecule has 0 radical (unpaired) electrons. The van der Waals surface area contributed by atoms with Crippen molar-refractivity contribution in [2.45, 2.75) is 39.5 Å². The first-order valence-corrected chi connectivity index (χ1v) is 7.38. The standard InChI is InChI=1S/C16H24N2O3/c1-3-18(14-9-7-8-13(2)12-14)16(21)17-11-6-4-5-10-15(19)20/h7-9,12H,3-6,10-11H2,1-2H3,(H,17,21)(H,19,20). The summed E-state index contributed by atoms with van der Waals surface area (Å²) < 4.78 is 0. The third kappa shape index (κ3) is 6.29. The predicted molar refractivity (Wildman–Crippen MR) is 83.7 cm³/mol. The fraction of sp³-hybridized carbons (Fsp3) is 0.500. The molecule has 0 aliphatic heterocycles. The highest BCUT2D eigenvalue weighted by Crippen LogP contribution is 2.15. The summed E-state index contributed by atoms with van der Waals surface area (Å²) in [6.07, 6.45) is 2.45. The van der Waals surface area contributed by atoms with Gasteiger partial charge in [0.1, 0.15) is 0 Å². The van der Waals surface area contributed by atoms with E-state index in [9.17, 15) is 9.59 Å². The molecule has 0 unspecified atom stereocenters. The van der Waals surface area contributed by atoms with E-state index in [1.54, 1.807) is 4.90 Å². The lowest BCUT2D eigenvalue weighted by molar-refractivity contribution is -0.137. The van der Waals surface area contributed by atoms with Crippen molar-refractivity contribution in [3.05, 3.63) is 29.8 Å². The van der Waals surface area contributed by atoms with E-state index >= 15 is 0 Å². The number of amides is 2. The Hall–Kier alpha value is -2.04. The Bertz CT molecular complexity index is 474. The zero-order chi connectivity index (χ0) is 15.7. The van der Waals surface area contributed by atoms with E-state index in [-0.39, 0.29) is 12.5 Å². The molecule has 0 atom stereocenters. The molecular formula is C16H24N2O3. The Morgan fingerprint density at radius 2 is 2.00 bits per heavy atom. The van der Waals surface area contributed by atoms with Crippen molar-refractivity contribution in [1.29, 1.82) is 0 Å². The minimum atomic E-state index is -0.768. The van der Waals surface area contributed by atoms with Crippen molar-refractivity contribution in [2.75, 3.05) is 18.0 Å². The molecule has 1 aromatic rings. The van der Waals surface area contributed by atoms with Gasteiger partial charge >= 0.3 is 12.0 Å². The first-order valence-electron chi connectivity index (χ1n) is 7.38. The summed E-state index contributed by atoms with van der Waals surface area (Å²) in [7, 11) is 0. The molecule has 0 saturated carbocycles. The fourth-order valence-electron chi connectivity index (χ4n) is 2.11. The Labute approximate surface area is 126 Å². The van der Waals surface area contributed by atoms with Gasteiger partial charge in [0, 0.05) is 25.2 Å². The lowest BCUT2D eigenvalue weighted by atomic mass is 10.2. The molecule has 0 aromatic heterocycles. The Kier molecular flexibility index (Phi) is 7.29. The molecule has 5 nitrogen and oxygen atoms in total. The molecule has 0 aliphatic carbocycles. The zero-order valence-corrected chi connectivity index (χ0v) is 12.8. The highest BCUT2D eigenvalue weighted by molar-refractivity contribution is 5.91. The first kappa shape index (κ1) is 17.0. The summed E-state index contributed by atoms with van der Waals surface area (Å²) in [4.78, 5) is 24.2. The van der Waals surface area contributed by atoms with Crippen LogP contribution in [0.15, 0.2) is 24.3 Å². The lowest BCUT2D eigenvalue weighted by Gasteiger charge is -2.22. The lowest BCUT2D eigenvalue weighted by Crippen LogP contribution is -2.40. The van der Waals surface area contributed by atoms with Crippen molar-refractivity contribution in [3.63, 3.8) is 0 Å². The molecular weight excluding hydrogens is 268 g/mol. The second-order valence-corrected chi connectivity index (χ2v) is 5.02. The number of hydrogen-bond donors (Lipinski definition) is 2. The van der Waals surface area contributed by atoms with Crippen LogP contribution in [0.25, 0.3) is 0 Å². The van der Waals surface area contributed by atoms with Gasteiger partial charge in [0.2, 0.25) is 0 Å². The maximum Gasteiger partial charge on any atom is 0.321 e. The van der Waals surface area contributed by atoms with Crippen molar-refractivity contribution in [1.82, 2.24) is 5.32 Å². The highest BCUT2D eigenvalue weighted by Gasteiger charge is 2.12. The molecule has 0 heterocycles. The number of carbonyl (C=O) groups excluding carboxylic acids is 1. The van der Waals surface area contributed by atoms with Crippen LogP contribution in [0.5, 0.6) is 0 Å². The van der Waals surface area contributed by atoms with Crippen molar-refractivity contribution >= 4 is 17.7 Å². The van der Waals surface area contributed by atoms with Gasteiger partial charge in [-0.3, -0.25) is 9.69 Å². The molecule has 0 spiro atoms. The minimum Gasteiger partial charge on any atom is -0.481 e. The van der Waals surface area contributed by atoms with Crippen molar-refractivity contribution < 1.29 is 14.7 Å². The summed E-state index contributed by atoms with van der Waals surface area (Å²) in [5.41, 5.74) is 2.01. The molecule has 1 rings (SSSR count). The molecule has 1 aromatic carbocycles. The van der Waals surface area contributed by atoms with E-state index in [0.29, 0.717) is 19.5 Å². The van der Waals surface area contributed by atoms with Gasteiger partial charge in [0.25, 0.3) is 0 Å². The number of unbranched alkanes of at least 4 members (excludes halogenated alkanes) is 2. The zero-order valence-electron chi connectivity index (χ0n) is 12.8. The molecule has 0 fully saturated rings. The second-order valence-electron chi connectivity index (χ2n) is 5.02. The van der Waals surface area contributed by atoms with Crippen LogP contribution in [0.3, 0.4) is 0 Å². The molecule has 5 heteroatoms. The minimum absolute atomic E-state index is 0.110. The predicted octanol–water partition coefficient (Wildman–Crippen LogP) is 3.18. The summed E-state index contributed by atoms with van der Waals surface area (Å²) in [5.74, 6) is -0.768. The topological polar surface area (TPSA) is 69.6 Å². The van der Waals surface area contributed by atoms with Crippen LogP contribution in [0.1, 0.15) is 38.2 Å². The molecule has 2 amide bonds. The molecule has 0 bridgehead atoms. The third-order valence-electron chi connectivity index (χ3n) is 3.22. The molecule has 0 saturated heterocycles. The largest absolute Gasteiger partial charge is 0.481 e. The molecule has 0 aliphatic rings. The number of hydrogen-bond acceptors (Lipinski definition) is 2. The van der Waals surface area contributed by atoms with E-state index in [2.05, 4.69) is 5.32 Å². The Balaban J connectivity index is 2.37. The van der Waals surface area contributed by atoms with Crippen LogP contribution in [0.4, 0.5) is 10.5 Å². The number of nitrogens with one attached hydrogen (secondary N) is 1. The molecule has 2 N–H and O–H groups in total. The van der Waals surface area contributed by atoms with Gasteiger partial charge in [-0.25, -0.2) is 4.79 Å².